The predicted molar refractivity (Wildman–Crippen MR) is 44.2 cm³/mol. The molecule has 0 unspecified atom stereocenters. The predicted octanol–water partition coefficient (Wildman–Crippen LogP) is 0.195. The molecule has 3 nitrogen and oxygen atoms in total. The van der Waals surface area contributed by atoms with E-state index in [9.17, 15) is 0 Å². The Kier molecular flexibility index (Phi) is 3.95. The van der Waals surface area contributed by atoms with Crippen molar-refractivity contribution in [3.63, 3.8) is 0 Å². The van der Waals surface area contributed by atoms with E-state index in [1.807, 2.05) is 0 Å². The minimum atomic E-state index is 0.480. The molecule has 1 rings (SSSR count). The Hall–Kier alpha value is -0.590. The molecule has 1 N–H and O–H groups in total. The molecular weight excluding hydrogens is 138 g/mol. The van der Waals surface area contributed by atoms with E-state index in [1.165, 1.54) is 25.9 Å². The third-order valence-electron chi connectivity index (χ3n) is 2.01. The van der Waals surface area contributed by atoms with E-state index in [-0.39, 0.29) is 0 Å². The van der Waals surface area contributed by atoms with Gasteiger partial charge in [-0.3, -0.25) is 0 Å². The summed E-state index contributed by atoms with van der Waals surface area (Å²) in [5.74, 6) is 0. The maximum atomic E-state index is 8.23. The number of nitrogens with one attached hydrogen (secondary N) is 1. The maximum Gasteiger partial charge on any atom is 0.0841 e. The third kappa shape index (κ3) is 3.35. The molecule has 0 aromatic carbocycles. The van der Waals surface area contributed by atoms with E-state index in [1.54, 1.807) is 0 Å². The second-order valence-electron chi connectivity index (χ2n) is 2.88. The third-order valence-corrected chi connectivity index (χ3v) is 2.01. The largest absolute Gasteiger partial charge is 0.303 e. The summed E-state index contributed by atoms with van der Waals surface area (Å²) in [6.45, 7) is 5.02. The van der Waals surface area contributed by atoms with Crippen LogP contribution in [0.5, 0.6) is 0 Å². The first-order valence-electron chi connectivity index (χ1n) is 4.23. The lowest BCUT2D eigenvalue weighted by atomic mass is 10.4. The van der Waals surface area contributed by atoms with Gasteiger partial charge in [0.1, 0.15) is 0 Å². The molecular formula is C8H15N3. The van der Waals surface area contributed by atoms with Crippen LogP contribution in [0, 0.1) is 11.3 Å². The zero-order valence-electron chi connectivity index (χ0n) is 6.84. The number of rotatable bonds is 4. The van der Waals surface area contributed by atoms with Crippen LogP contribution in [0.2, 0.25) is 0 Å². The van der Waals surface area contributed by atoms with Crippen molar-refractivity contribution >= 4 is 0 Å². The zero-order chi connectivity index (χ0) is 7.94. The molecule has 3 heteroatoms. The summed E-state index contributed by atoms with van der Waals surface area (Å²) in [5, 5.41) is 11.3. The minimum absolute atomic E-state index is 0.480. The van der Waals surface area contributed by atoms with Crippen LogP contribution in [0.15, 0.2) is 0 Å². The van der Waals surface area contributed by atoms with Crippen LogP contribution >= 0.6 is 0 Å². The highest BCUT2D eigenvalue weighted by molar-refractivity contribution is 4.74. The Morgan fingerprint density at radius 3 is 2.73 bits per heavy atom. The highest BCUT2D eigenvalue weighted by atomic mass is 15.1. The molecule has 0 radical (unpaired) electrons. The Morgan fingerprint density at radius 2 is 2.09 bits per heavy atom. The molecule has 0 saturated carbocycles. The number of hydrogen-bond acceptors (Lipinski definition) is 3. The number of nitriles is 1. The second-order valence-corrected chi connectivity index (χ2v) is 2.88. The Morgan fingerprint density at radius 1 is 1.36 bits per heavy atom. The lowest BCUT2D eigenvalue weighted by molar-refractivity contribution is 0.338. The normalized spacial score (nSPS) is 18.5. The van der Waals surface area contributed by atoms with Crippen molar-refractivity contribution in [3.8, 4) is 6.07 Å². The first-order valence-corrected chi connectivity index (χ1v) is 4.23. The van der Waals surface area contributed by atoms with Crippen molar-refractivity contribution < 1.29 is 0 Å². The maximum absolute atomic E-state index is 8.23. The highest BCUT2D eigenvalue weighted by Crippen LogP contribution is 2.05. The summed E-state index contributed by atoms with van der Waals surface area (Å²) in [6, 6.07) is 2.06. The molecule has 1 heterocycles. The second kappa shape index (κ2) is 5.11. The standard InChI is InChI=1S/C8H15N3/c9-3-4-10-5-8-11-6-1-2-7-11/h10H,1-2,4-8H2. The van der Waals surface area contributed by atoms with Crippen molar-refractivity contribution in [1.29, 1.82) is 5.26 Å². The van der Waals surface area contributed by atoms with E-state index < -0.39 is 0 Å². The molecule has 1 fully saturated rings. The van der Waals surface area contributed by atoms with Crippen LogP contribution in [0.3, 0.4) is 0 Å². The van der Waals surface area contributed by atoms with Crippen LogP contribution in [-0.4, -0.2) is 37.6 Å². The Balaban J connectivity index is 1.90. The molecule has 0 bridgehead atoms. The van der Waals surface area contributed by atoms with Gasteiger partial charge < -0.3 is 10.2 Å². The lowest BCUT2D eigenvalue weighted by Crippen LogP contribution is -2.30. The minimum Gasteiger partial charge on any atom is -0.303 e. The first kappa shape index (κ1) is 8.51. The van der Waals surface area contributed by atoms with Gasteiger partial charge in [0.25, 0.3) is 0 Å². The van der Waals surface area contributed by atoms with E-state index in [0.717, 1.165) is 13.1 Å². The smallest absolute Gasteiger partial charge is 0.0841 e. The van der Waals surface area contributed by atoms with Gasteiger partial charge in [-0.25, -0.2) is 0 Å². The summed E-state index contributed by atoms with van der Waals surface area (Å²) >= 11 is 0. The van der Waals surface area contributed by atoms with Gasteiger partial charge in [-0.15, -0.1) is 0 Å². The average Bonchev–Trinajstić information content (AvgIpc) is 2.50. The molecule has 0 atom stereocenters. The molecule has 0 aromatic rings. The molecule has 11 heavy (non-hydrogen) atoms. The number of hydrogen-bond donors (Lipinski definition) is 1. The van der Waals surface area contributed by atoms with Crippen molar-refractivity contribution in [2.24, 2.45) is 0 Å². The quantitative estimate of drug-likeness (QED) is 0.463. The summed E-state index contributed by atoms with van der Waals surface area (Å²) < 4.78 is 0. The SMILES string of the molecule is N#CCNCCN1CCCC1. The molecule has 1 aliphatic heterocycles. The molecule has 1 saturated heterocycles. The van der Waals surface area contributed by atoms with Gasteiger partial charge in [-0.1, -0.05) is 0 Å². The van der Waals surface area contributed by atoms with Gasteiger partial charge in [0, 0.05) is 13.1 Å². The van der Waals surface area contributed by atoms with Gasteiger partial charge in [0.05, 0.1) is 12.6 Å². The van der Waals surface area contributed by atoms with E-state index in [4.69, 9.17) is 5.26 Å². The van der Waals surface area contributed by atoms with Gasteiger partial charge in [-0.2, -0.15) is 5.26 Å². The highest BCUT2D eigenvalue weighted by Gasteiger charge is 2.09. The van der Waals surface area contributed by atoms with Crippen LogP contribution in [0.4, 0.5) is 0 Å². The van der Waals surface area contributed by atoms with Crippen molar-refractivity contribution in [2.75, 3.05) is 32.7 Å². The molecule has 1 aliphatic rings. The monoisotopic (exact) mass is 153 g/mol. The number of nitrogens with zero attached hydrogens (tertiary/aromatic N) is 2. The van der Waals surface area contributed by atoms with E-state index in [0.29, 0.717) is 6.54 Å². The topological polar surface area (TPSA) is 39.1 Å². The lowest BCUT2D eigenvalue weighted by Gasteiger charge is -2.13. The fraction of sp³-hybridized carbons (Fsp3) is 0.875. The summed E-state index contributed by atoms with van der Waals surface area (Å²) in [7, 11) is 0. The van der Waals surface area contributed by atoms with E-state index >= 15 is 0 Å². The van der Waals surface area contributed by atoms with E-state index in [2.05, 4.69) is 16.3 Å². The van der Waals surface area contributed by atoms with Crippen LogP contribution in [0.1, 0.15) is 12.8 Å². The molecule has 0 aliphatic carbocycles. The average molecular weight is 153 g/mol. The summed E-state index contributed by atoms with van der Waals surface area (Å²) in [4.78, 5) is 2.43. The molecule has 0 spiro atoms. The summed E-state index contributed by atoms with van der Waals surface area (Å²) in [6.07, 6.45) is 2.69. The van der Waals surface area contributed by atoms with Crippen LogP contribution in [0.25, 0.3) is 0 Å². The van der Waals surface area contributed by atoms with Gasteiger partial charge in [0.2, 0.25) is 0 Å². The molecule has 0 aromatic heterocycles. The summed E-state index contributed by atoms with van der Waals surface area (Å²) in [5.41, 5.74) is 0. The van der Waals surface area contributed by atoms with Gasteiger partial charge in [-0.05, 0) is 25.9 Å². The zero-order valence-corrected chi connectivity index (χ0v) is 6.84. The van der Waals surface area contributed by atoms with Crippen molar-refractivity contribution in [2.45, 2.75) is 12.8 Å². The van der Waals surface area contributed by atoms with Crippen molar-refractivity contribution in [1.82, 2.24) is 10.2 Å². The fourth-order valence-electron chi connectivity index (χ4n) is 1.39. The Labute approximate surface area is 68.0 Å². The fourth-order valence-corrected chi connectivity index (χ4v) is 1.39. The molecule has 62 valence electrons. The van der Waals surface area contributed by atoms with Gasteiger partial charge >= 0.3 is 0 Å². The molecule has 0 amide bonds. The van der Waals surface area contributed by atoms with Crippen LogP contribution in [-0.2, 0) is 0 Å². The van der Waals surface area contributed by atoms with Crippen LogP contribution < -0.4 is 5.32 Å². The first-order chi connectivity index (χ1) is 5.43. The van der Waals surface area contributed by atoms with Gasteiger partial charge in [0.15, 0.2) is 0 Å². The number of likely N-dealkylation sites (tertiary alicyclic amines) is 1. The Bertz CT molecular complexity index is 133. The van der Waals surface area contributed by atoms with Crippen molar-refractivity contribution in [3.05, 3.63) is 0 Å².